The van der Waals surface area contributed by atoms with E-state index in [2.05, 4.69) is 0 Å². The highest BCUT2D eigenvalue weighted by Crippen LogP contribution is 2.32. The lowest BCUT2D eigenvalue weighted by Gasteiger charge is -2.30. The monoisotopic (exact) mass is 312 g/mol. The number of halogens is 3. The Morgan fingerprint density at radius 3 is 2.55 bits per heavy atom. The molecule has 5 heteroatoms. The third kappa shape index (κ3) is 3.06. The lowest BCUT2D eigenvalue weighted by Crippen LogP contribution is -2.31. The van der Waals surface area contributed by atoms with Gasteiger partial charge in [0.05, 0.1) is 11.7 Å². The first kappa shape index (κ1) is 15.1. The van der Waals surface area contributed by atoms with Crippen molar-refractivity contribution in [2.75, 3.05) is 18.5 Å². The molecule has 0 aliphatic carbocycles. The number of nitrogens with two attached hydrogens (primary N) is 1. The summed E-state index contributed by atoms with van der Waals surface area (Å²) < 4.78 is 13.9. The molecule has 2 nitrogen and oxygen atoms in total. The zero-order valence-electron chi connectivity index (χ0n) is 11.0. The Balaban J connectivity index is 2.42. The number of hydrogen-bond acceptors (Lipinski definition) is 2. The quantitative estimate of drug-likeness (QED) is 0.913. The molecular formula is C15H15Cl2FN2. The van der Waals surface area contributed by atoms with Gasteiger partial charge in [-0.15, -0.1) is 0 Å². The number of likely N-dealkylation sites (N-methyl/N-ethyl adjacent to an activating group) is 1. The molecule has 0 radical (unpaired) electrons. The Bertz CT molecular complexity index is 604. The highest BCUT2D eigenvalue weighted by molar-refractivity contribution is 6.33. The van der Waals surface area contributed by atoms with Crippen molar-refractivity contribution in [3.63, 3.8) is 0 Å². The summed E-state index contributed by atoms with van der Waals surface area (Å²) >= 11 is 12.2. The fraction of sp³-hybridized carbons (Fsp3) is 0.200. The van der Waals surface area contributed by atoms with E-state index < -0.39 is 0 Å². The Hall–Kier alpha value is -1.29. The Morgan fingerprint density at radius 1 is 1.20 bits per heavy atom. The molecule has 0 saturated carbocycles. The second-order valence-electron chi connectivity index (χ2n) is 4.48. The highest BCUT2D eigenvalue weighted by atomic mass is 35.5. The molecule has 0 saturated heterocycles. The van der Waals surface area contributed by atoms with Crippen LogP contribution < -0.4 is 10.6 Å². The third-order valence-corrected chi connectivity index (χ3v) is 3.82. The van der Waals surface area contributed by atoms with E-state index in [0.717, 1.165) is 5.56 Å². The first-order chi connectivity index (χ1) is 9.54. The molecule has 0 spiro atoms. The van der Waals surface area contributed by atoms with E-state index in [1.807, 2.05) is 0 Å². The van der Waals surface area contributed by atoms with Crippen molar-refractivity contribution in [3.8, 4) is 0 Å². The van der Waals surface area contributed by atoms with Gasteiger partial charge in [-0.05, 0) is 35.9 Å². The largest absolute Gasteiger partial charge is 0.364 e. The number of rotatable bonds is 4. The molecule has 0 amide bonds. The van der Waals surface area contributed by atoms with Gasteiger partial charge >= 0.3 is 0 Å². The van der Waals surface area contributed by atoms with Gasteiger partial charge in [0.2, 0.25) is 0 Å². The molecule has 106 valence electrons. The molecular weight excluding hydrogens is 298 g/mol. The number of anilines is 1. The van der Waals surface area contributed by atoms with E-state index in [-0.39, 0.29) is 11.9 Å². The molecule has 0 fully saturated rings. The average molecular weight is 313 g/mol. The van der Waals surface area contributed by atoms with Crippen molar-refractivity contribution in [3.05, 3.63) is 63.9 Å². The lowest BCUT2D eigenvalue weighted by molar-refractivity contribution is 0.603. The Kier molecular flexibility index (Phi) is 4.86. The van der Waals surface area contributed by atoms with Gasteiger partial charge in [0.15, 0.2) is 0 Å². The number of nitrogens with zero attached hydrogens (tertiary/aromatic N) is 1. The van der Waals surface area contributed by atoms with E-state index in [1.54, 1.807) is 48.3 Å². The fourth-order valence-corrected chi connectivity index (χ4v) is 2.59. The van der Waals surface area contributed by atoms with Crippen LogP contribution in [0.4, 0.5) is 10.1 Å². The summed E-state index contributed by atoms with van der Waals surface area (Å²) in [5, 5.41) is 1.14. The van der Waals surface area contributed by atoms with Crippen molar-refractivity contribution >= 4 is 28.9 Å². The Morgan fingerprint density at radius 2 is 1.90 bits per heavy atom. The first-order valence-electron chi connectivity index (χ1n) is 6.17. The van der Waals surface area contributed by atoms with Crippen LogP contribution in [-0.4, -0.2) is 13.6 Å². The summed E-state index contributed by atoms with van der Waals surface area (Å²) in [5.74, 6) is -0.299. The molecule has 0 bridgehead atoms. The van der Waals surface area contributed by atoms with Crippen LogP contribution >= 0.6 is 23.2 Å². The van der Waals surface area contributed by atoms with E-state index >= 15 is 0 Å². The van der Waals surface area contributed by atoms with Crippen LogP contribution in [0.3, 0.4) is 0 Å². The van der Waals surface area contributed by atoms with Crippen molar-refractivity contribution < 1.29 is 4.39 Å². The van der Waals surface area contributed by atoms with Gasteiger partial charge in [0.1, 0.15) is 5.82 Å². The van der Waals surface area contributed by atoms with Gasteiger partial charge in [-0.25, -0.2) is 4.39 Å². The van der Waals surface area contributed by atoms with Gasteiger partial charge in [-0.3, -0.25) is 0 Å². The minimum absolute atomic E-state index is 0.252. The van der Waals surface area contributed by atoms with Crippen molar-refractivity contribution in [2.45, 2.75) is 6.04 Å². The number of para-hydroxylation sites is 1. The van der Waals surface area contributed by atoms with Crippen LogP contribution in [0, 0.1) is 5.82 Å². The summed E-state index contributed by atoms with van der Waals surface area (Å²) in [6, 6.07) is 11.5. The first-order valence-corrected chi connectivity index (χ1v) is 6.92. The predicted molar refractivity (Wildman–Crippen MR) is 83.1 cm³/mol. The van der Waals surface area contributed by atoms with E-state index in [9.17, 15) is 4.39 Å². The molecule has 0 aliphatic rings. The summed E-state index contributed by atoms with van der Waals surface area (Å²) in [7, 11) is 1.78. The molecule has 0 aliphatic heterocycles. The molecule has 0 aromatic heterocycles. The summed E-state index contributed by atoms with van der Waals surface area (Å²) in [4.78, 5) is 1.77. The van der Waals surface area contributed by atoms with E-state index in [4.69, 9.17) is 28.9 Å². The van der Waals surface area contributed by atoms with Crippen LogP contribution in [-0.2, 0) is 0 Å². The van der Waals surface area contributed by atoms with Crippen molar-refractivity contribution in [1.29, 1.82) is 0 Å². The normalized spacial score (nSPS) is 12.2. The maximum absolute atomic E-state index is 13.9. The van der Waals surface area contributed by atoms with Crippen LogP contribution in [0.5, 0.6) is 0 Å². The number of benzene rings is 2. The molecule has 1 atom stereocenters. The highest BCUT2D eigenvalue weighted by Gasteiger charge is 2.21. The molecule has 2 N–H and O–H groups in total. The molecule has 1 unspecified atom stereocenters. The fourth-order valence-electron chi connectivity index (χ4n) is 2.17. The van der Waals surface area contributed by atoms with Gasteiger partial charge in [0, 0.05) is 23.6 Å². The molecule has 20 heavy (non-hydrogen) atoms. The lowest BCUT2D eigenvalue weighted by atomic mass is 10.0. The van der Waals surface area contributed by atoms with Crippen LogP contribution in [0.2, 0.25) is 10.0 Å². The van der Waals surface area contributed by atoms with Gasteiger partial charge in [-0.1, -0.05) is 35.3 Å². The summed E-state index contributed by atoms with van der Waals surface area (Å²) in [6.45, 7) is 0.297. The minimum Gasteiger partial charge on any atom is -0.364 e. The van der Waals surface area contributed by atoms with Crippen LogP contribution in [0.25, 0.3) is 0 Å². The standard InChI is InChI=1S/C15H15Cl2FN2/c1-20(14-5-3-2-4-13(14)18)15(9-19)11-8-10(16)6-7-12(11)17/h2-8,15H,9,19H2,1H3. The second-order valence-corrected chi connectivity index (χ2v) is 5.32. The van der Waals surface area contributed by atoms with Crippen molar-refractivity contribution in [2.24, 2.45) is 5.73 Å². The van der Waals surface area contributed by atoms with E-state index in [0.29, 0.717) is 22.3 Å². The molecule has 2 aromatic carbocycles. The predicted octanol–water partition coefficient (Wildman–Crippen LogP) is 4.27. The van der Waals surface area contributed by atoms with E-state index in [1.165, 1.54) is 6.07 Å². The maximum atomic E-state index is 13.9. The zero-order chi connectivity index (χ0) is 14.7. The minimum atomic E-state index is -0.299. The summed E-state index contributed by atoms with van der Waals surface area (Å²) in [6.07, 6.45) is 0. The topological polar surface area (TPSA) is 29.3 Å². The van der Waals surface area contributed by atoms with Crippen molar-refractivity contribution in [1.82, 2.24) is 0 Å². The smallest absolute Gasteiger partial charge is 0.146 e. The van der Waals surface area contributed by atoms with Gasteiger partial charge < -0.3 is 10.6 Å². The van der Waals surface area contributed by atoms with Crippen LogP contribution in [0.15, 0.2) is 42.5 Å². The van der Waals surface area contributed by atoms with Gasteiger partial charge in [-0.2, -0.15) is 0 Å². The second kappa shape index (κ2) is 6.44. The molecule has 2 aromatic rings. The Labute approximate surface area is 127 Å². The molecule has 0 heterocycles. The molecule has 2 rings (SSSR count). The average Bonchev–Trinajstić information content (AvgIpc) is 2.44. The zero-order valence-corrected chi connectivity index (χ0v) is 12.5. The van der Waals surface area contributed by atoms with Crippen LogP contribution in [0.1, 0.15) is 11.6 Å². The number of hydrogen-bond donors (Lipinski definition) is 1. The van der Waals surface area contributed by atoms with Gasteiger partial charge in [0.25, 0.3) is 0 Å². The third-order valence-electron chi connectivity index (χ3n) is 3.24. The summed E-state index contributed by atoms with van der Waals surface area (Å²) in [5.41, 5.74) is 7.10. The SMILES string of the molecule is CN(c1ccccc1F)C(CN)c1cc(Cl)ccc1Cl. The maximum Gasteiger partial charge on any atom is 0.146 e.